The molecule has 1 N–H and O–H groups in total. The number of likely N-dealkylation sites (tertiary alicyclic amines) is 1. The summed E-state index contributed by atoms with van der Waals surface area (Å²) in [7, 11) is 0. The minimum Gasteiger partial charge on any atom is -0.342 e. The SMILES string of the molecule is CCC1CC(=O)N(CC2CNC2)C1. The van der Waals surface area contributed by atoms with E-state index in [1.807, 2.05) is 0 Å². The van der Waals surface area contributed by atoms with E-state index in [0.29, 0.717) is 11.8 Å². The molecule has 2 saturated heterocycles. The summed E-state index contributed by atoms with van der Waals surface area (Å²) in [6, 6.07) is 0. The minimum atomic E-state index is 0.374. The molecule has 1 unspecified atom stereocenters. The van der Waals surface area contributed by atoms with E-state index in [0.717, 1.165) is 44.9 Å². The quantitative estimate of drug-likeness (QED) is 0.688. The predicted molar refractivity (Wildman–Crippen MR) is 51.3 cm³/mol. The van der Waals surface area contributed by atoms with Gasteiger partial charge in [0.05, 0.1) is 0 Å². The summed E-state index contributed by atoms with van der Waals surface area (Å²) < 4.78 is 0. The van der Waals surface area contributed by atoms with Crippen LogP contribution in [0.2, 0.25) is 0 Å². The maximum absolute atomic E-state index is 11.5. The second kappa shape index (κ2) is 3.66. The average Bonchev–Trinajstić information content (AvgIpc) is 2.39. The lowest BCUT2D eigenvalue weighted by Gasteiger charge is -2.31. The van der Waals surface area contributed by atoms with E-state index in [4.69, 9.17) is 0 Å². The molecule has 2 fully saturated rings. The molecule has 2 heterocycles. The fourth-order valence-electron chi connectivity index (χ4n) is 2.09. The van der Waals surface area contributed by atoms with E-state index >= 15 is 0 Å². The number of hydrogen-bond donors (Lipinski definition) is 1. The van der Waals surface area contributed by atoms with Crippen LogP contribution < -0.4 is 5.32 Å². The van der Waals surface area contributed by atoms with E-state index in [1.165, 1.54) is 0 Å². The summed E-state index contributed by atoms with van der Waals surface area (Å²) in [5.41, 5.74) is 0. The van der Waals surface area contributed by atoms with Crippen LogP contribution in [0.1, 0.15) is 19.8 Å². The second-order valence-corrected chi connectivity index (χ2v) is 4.30. The first-order valence-corrected chi connectivity index (χ1v) is 5.28. The smallest absolute Gasteiger partial charge is 0.222 e. The van der Waals surface area contributed by atoms with Crippen LogP contribution in [-0.2, 0) is 4.79 Å². The van der Waals surface area contributed by atoms with Crippen molar-refractivity contribution in [1.29, 1.82) is 0 Å². The van der Waals surface area contributed by atoms with Crippen molar-refractivity contribution in [1.82, 2.24) is 10.2 Å². The maximum atomic E-state index is 11.5. The van der Waals surface area contributed by atoms with Gasteiger partial charge in [-0.15, -0.1) is 0 Å². The fraction of sp³-hybridized carbons (Fsp3) is 0.900. The van der Waals surface area contributed by atoms with Gasteiger partial charge in [-0.25, -0.2) is 0 Å². The number of rotatable bonds is 3. The molecule has 0 bridgehead atoms. The van der Waals surface area contributed by atoms with E-state index in [2.05, 4.69) is 17.1 Å². The van der Waals surface area contributed by atoms with Gasteiger partial charge in [0.25, 0.3) is 0 Å². The van der Waals surface area contributed by atoms with Crippen LogP contribution in [0.25, 0.3) is 0 Å². The minimum absolute atomic E-state index is 0.374. The van der Waals surface area contributed by atoms with Crippen LogP contribution in [0.15, 0.2) is 0 Å². The predicted octanol–water partition coefficient (Wildman–Crippen LogP) is 0.464. The summed E-state index contributed by atoms with van der Waals surface area (Å²) in [5, 5.41) is 3.24. The Bertz CT molecular complexity index is 201. The lowest BCUT2D eigenvalue weighted by atomic mass is 10.0. The van der Waals surface area contributed by atoms with E-state index in [1.54, 1.807) is 0 Å². The molecule has 1 atom stereocenters. The topological polar surface area (TPSA) is 32.3 Å². The molecule has 2 aliphatic rings. The van der Waals surface area contributed by atoms with E-state index in [9.17, 15) is 4.79 Å². The maximum Gasteiger partial charge on any atom is 0.222 e. The van der Waals surface area contributed by atoms with Crippen molar-refractivity contribution in [3.63, 3.8) is 0 Å². The van der Waals surface area contributed by atoms with E-state index in [-0.39, 0.29) is 0 Å². The molecule has 2 aliphatic heterocycles. The molecule has 1 amide bonds. The van der Waals surface area contributed by atoms with Crippen molar-refractivity contribution in [3.05, 3.63) is 0 Å². The van der Waals surface area contributed by atoms with Gasteiger partial charge in [-0.2, -0.15) is 0 Å². The van der Waals surface area contributed by atoms with Crippen molar-refractivity contribution in [2.45, 2.75) is 19.8 Å². The lowest BCUT2D eigenvalue weighted by Crippen LogP contribution is -2.48. The highest BCUT2D eigenvalue weighted by Crippen LogP contribution is 2.21. The molecule has 0 aromatic heterocycles. The zero-order valence-electron chi connectivity index (χ0n) is 8.25. The van der Waals surface area contributed by atoms with Crippen molar-refractivity contribution in [2.24, 2.45) is 11.8 Å². The Balaban J connectivity index is 1.81. The molecule has 13 heavy (non-hydrogen) atoms. The molecule has 74 valence electrons. The van der Waals surface area contributed by atoms with Crippen LogP contribution in [0.3, 0.4) is 0 Å². The van der Waals surface area contributed by atoms with Gasteiger partial charge < -0.3 is 10.2 Å². The number of carbonyl (C=O) groups is 1. The first-order chi connectivity index (χ1) is 6.29. The van der Waals surface area contributed by atoms with Crippen LogP contribution in [0.5, 0.6) is 0 Å². The van der Waals surface area contributed by atoms with E-state index < -0.39 is 0 Å². The van der Waals surface area contributed by atoms with Crippen molar-refractivity contribution < 1.29 is 4.79 Å². The molecule has 0 radical (unpaired) electrons. The summed E-state index contributed by atoms with van der Waals surface area (Å²) in [4.78, 5) is 13.6. The van der Waals surface area contributed by atoms with Gasteiger partial charge in [-0.1, -0.05) is 13.3 Å². The Morgan fingerprint density at radius 3 is 2.69 bits per heavy atom. The second-order valence-electron chi connectivity index (χ2n) is 4.30. The Kier molecular flexibility index (Phi) is 2.54. The summed E-state index contributed by atoms with van der Waals surface area (Å²) in [5.74, 6) is 1.72. The van der Waals surface area contributed by atoms with Crippen LogP contribution in [0, 0.1) is 11.8 Å². The first-order valence-electron chi connectivity index (χ1n) is 5.28. The Hall–Kier alpha value is -0.570. The standard InChI is InChI=1S/C10H18N2O/c1-2-8-3-10(13)12(6-8)7-9-4-11-5-9/h8-9,11H,2-7H2,1H3. The van der Waals surface area contributed by atoms with Gasteiger partial charge in [0, 0.05) is 38.5 Å². The van der Waals surface area contributed by atoms with Gasteiger partial charge in [0.15, 0.2) is 0 Å². The highest BCUT2D eigenvalue weighted by atomic mass is 16.2. The number of carbonyl (C=O) groups excluding carboxylic acids is 1. The molecule has 3 nitrogen and oxygen atoms in total. The molecular weight excluding hydrogens is 164 g/mol. The number of nitrogens with zero attached hydrogens (tertiary/aromatic N) is 1. The fourth-order valence-corrected chi connectivity index (χ4v) is 2.09. The van der Waals surface area contributed by atoms with Crippen molar-refractivity contribution >= 4 is 5.91 Å². The lowest BCUT2D eigenvalue weighted by molar-refractivity contribution is -0.128. The van der Waals surface area contributed by atoms with Crippen LogP contribution in [0.4, 0.5) is 0 Å². The number of amides is 1. The highest BCUT2D eigenvalue weighted by Gasteiger charge is 2.31. The van der Waals surface area contributed by atoms with Gasteiger partial charge in [0.2, 0.25) is 5.91 Å². The molecular formula is C10H18N2O. The third-order valence-electron chi connectivity index (χ3n) is 3.22. The monoisotopic (exact) mass is 182 g/mol. The average molecular weight is 182 g/mol. The normalized spacial score (nSPS) is 29.5. The molecule has 0 spiro atoms. The highest BCUT2D eigenvalue weighted by molar-refractivity contribution is 5.78. The van der Waals surface area contributed by atoms with Crippen molar-refractivity contribution in [2.75, 3.05) is 26.2 Å². The summed E-state index contributed by atoms with van der Waals surface area (Å²) in [6.07, 6.45) is 1.93. The molecule has 0 saturated carbocycles. The molecule has 0 aromatic rings. The first kappa shape index (κ1) is 9.00. The van der Waals surface area contributed by atoms with Crippen molar-refractivity contribution in [3.8, 4) is 0 Å². The van der Waals surface area contributed by atoms with Gasteiger partial charge in [-0.05, 0) is 5.92 Å². The summed E-state index contributed by atoms with van der Waals surface area (Å²) in [6.45, 7) is 6.36. The zero-order valence-corrected chi connectivity index (χ0v) is 8.25. The number of hydrogen-bond acceptors (Lipinski definition) is 2. The third-order valence-corrected chi connectivity index (χ3v) is 3.22. The Morgan fingerprint density at radius 1 is 1.46 bits per heavy atom. The van der Waals surface area contributed by atoms with Gasteiger partial charge in [0.1, 0.15) is 0 Å². The Morgan fingerprint density at radius 2 is 2.23 bits per heavy atom. The molecule has 0 aromatic carbocycles. The molecule has 3 heteroatoms. The Labute approximate surface area is 79.5 Å². The number of nitrogens with one attached hydrogen (secondary N) is 1. The third kappa shape index (κ3) is 1.85. The zero-order chi connectivity index (χ0) is 9.26. The molecule has 2 rings (SSSR count). The van der Waals surface area contributed by atoms with Gasteiger partial charge in [-0.3, -0.25) is 4.79 Å². The van der Waals surface area contributed by atoms with Gasteiger partial charge >= 0.3 is 0 Å². The van der Waals surface area contributed by atoms with Crippen LogP contribution in [-0.4, -0.2) is 37.0 Å². The molecule has 0 aliphatic carbocycles. The summed E-state index contributed by atoms with van der Waals surface area (Å²) >= 11 is 0. The van der Waals surface area contributed by atoms with Crippen LogP contribution >= 0.6 is 0 Å². The largest absolute Gasteiger partial charge is 0.342 e.